The molecule has 1 atom stereocenters. The molecule has 2 aromatic rings. The van der Waals surface area contributed by atoms with Gasteiger partial charge in [0.15, 0.2) is 4.96 Å². The summed E-state index contributed by atoms with van der Waals surface area (Å²) in [6.07, 6.45) is 4.21. The topological polar surface area (TPSA) is 32.6 Å². The molecule has 3 heterocycles. The third-order valence-corrected chi connectivity index (χ3v) is 3.92. The molecule has 0 spiro atoms. The van der Waals surface area contributed by atoms with Crippen molar-refractivity contribution in [2.75, 3.05) is 19.6 Å². The molecule has 0 aromatic carbocycles. The summed E-state index contributed by atoms with van der Waals surface area (Å²) in [5, 5.41) is 5.48. The number of nitrogens with one attached hydrogen (secondary N) is 1. The quantitative estimate of drug-likeness (QED) is 0.850. The molecule has 0 bridgehead atoms. The Morgan fingerprint density at radius 2 is 2.56 bits per heavy atom. The molecule has 16 heavy (non-hydrogen) atoms. The van der Waals surface area contributed by atoms with E-state index in [4.69, 9.17) is 0 Å². The van der Waals surface area contributed by atoms with Crippen molar-refractivity contribution >= 4 is 16.3 Å². The van der Waals surface area contributed by atoms with Crippen LogP contribution < -0.4 is 5.32 Å². The van der Waals surface area contributed by atoms with E-state index in [1.165, 1.54) is 5.69 Å². The van der Waals surface area contributed by atoms with E-state index in [9.17, 15) is 0 Å². The molecular weight excluding hydrogens is 220 g/mol. The Kier molecular flexibility index (Phi) is 2.67. The fraction of sp³-hybridized carbons (Fsp3) is 0.545. The zero-order chi connectivity index (χ0) is 11.0. The Morgan fingerprint density at radius 1 is 1.62 bits per heavy atom. The van der Waals surface area contributed by atoms with Crippen molar-refractivity contribution in [1.29, 1.82) is 0 Å². The number of thiazole rings is 1. The number of aromatic nitrogens is 2. The summed E-state index contributed by atoms with van der Waals surface area (Å²) in [6.45, 7) is 6.53. The minimum atomic E-state index is 0.605. The average Bonchev–Trinajstić information content (AvgIpc) is 2.81. The van der Waals surface area contributed by atoms with E-state index >= 15 is 0 Å². The molecule has 0 radical (unpaired) electrons. The second kappa shape index (κ2) is 4.16. The molecule has 1 aliphatic rings. The molecule has 86 valence electrons. The maximum absolute atomic E-state index is 4.62. The van der Waals surface area contributed by atoms with Gasteiger partial charge in [0.25, 0.3) is 0 Å². The standard InChI is InChI=1S/C11H16N4S/c1-9-6-12-2-3-14(9)7-10-8-15-4-5-16-11(15)13-10/h4-5,8-9,12H,2-3,6-7H2,1H3. The van der Waals surface area contributed by atoms with Gasteiger partial charge in [-0.1, -0.05) is 0 Å². The second-order valence-corrected chi connectivity index (χ2v) is 5.22. The highest BCUT2D eigenvalue weighted by molar-refractivity contribution is 7.15. The highest BCUT2D eigenvalue weighted by atomic mass is 32.1. The maximum atomic E-state index is 4.62. The van der Waals surface area contributed by atoms with Crippen LogP contribution in [0.1, 0.15) is 12.6 Å². The van der Waals surface area contributed by atoms with E-state index in [2.05, 4.69) is 44.3 Å². The summed E-state index contributed by atoms with van der Waals surface area (Å²) < 4.78 is 2.10. The van der Waals surface area contributed by atoms with E-state index in [0.29, 0.717) is 6.04 Å². The number of nitrogens with zero attached hydrogens (tertiary/aromatic N) is 3. The Labute approximate surface area is 98.9 Å². The van der Waals surface area contributed by atoms with Crippen LogP contribution in [0.5, 0.6) is 0 Å². The average molecular weight is 236 g/mol. The Balaban J connectivity index is 1.76. The number of hydrogen-bond donors (Lipinski definition) is 1. The van der Waals surface area contributed by atoms with Crippen molar-refractivity contribution in [3.05, 3.63) is 23.5 Å². The van der Waals surface area contributed by atoms with Crippen molar-refractivity contribution in [1.82, 2.24) is 19.6 Å². The van der Waals surface area contributed by atoms with Gasteiger partial charge in [-0.15, -0.1) is 11.3 Å². The number of hydrogen-bond acceptors (Lipinski definition) is 4. The van der Waals surface area contributed by atoms with Gasteiger partial charge in [-0.3, -0.25) is 9.30 Å². The summed E-state index contributed by atoms with van der Waals surface area (Å²) in [5.74, 6) is 0. The Bertz CT molecular complexity index is 446. The SMILES string of the molecule is CC1CNCCN1Cc1cn2ccsc2n1. The molecule has 0 amide bonds. The molecule has 1 aliphatic heterocycles. The summed E-state index contributed by atoms with van der Waals surface area (Å²) >= 11 is 1.69. The van der Waals surface area contributed by atoms with Crippen LogP contribution in [-0.2, 0) is 6.54 Å². The molecule has 1 saturated heterocycles. The molecule has 5 heteroatoms. The van der Waals surface area contributed by atoms with E-state index in [1.807, 2.05) is 0 Å². The van der Waals surface area contributed by atoms with Crippen molar-refractivity contribution in [2.24, 2.45) is 0 Å². The largest absolute Gasteiger partial charge is 0.314 e. The molecule has 0 saturated carbocycles. The lowest BCUT2D eigenvalue weighted by Gasteiger charge is -2.33. The predicted molar refractivity (Wildman–Crippen MR) is 65.8 cm³/mol. The molecule has 1 N–H and O–H groups in total. The highest BCUT2D eigenvalue weighted by Gasteiger charge is 2.18. The lowest BCUT2D eigenvalue weighted by atomic mass is 10.2. The van der Waals surface area contributed by atoms with Crippen LogP contribution in [-0.4, -0.2) is 40.0 Å². The van der Waals surface area contributed by atoms with Crippen LogP contribution in [0.2, 0.25) is 0 Å². The van der Waals surface area contributed by atoms with Crippen LogP contribution in [0.25, 0.3) is 4.96 Å². The molecule has 4 nitrogen and oxygen atoms in total. The minimum absolute atomic E-state index is 0.605. The van der Waals surface area contributed by atoms with Crippen LogP contribution in [0.3, 0.4) is 0 Å². The van der Waals surface area contributed by atoms with Crippen molar-refractivity contribution in [2.45, 2.75) is 19.5 Å². The highest BCUT2D eigenvalue weighted by Crippen LogP contribution is 2.14. The van der Waals surface area contributed by atoms with Gasteiger partial charge < -0.3 is 5.32 Å². The van der Waals surface area contributed by atoms with Crippen LogP contribution in [0, 0.1) is 0 Å². The first-order chi connectivity index (χ1) is 7.83. The number of fused-ring (bicyclic) bond motifs is 1. The van der Waals surface area contributed by atoms with E-state index in [0.717, 1.165) is 31.1 Å². The van der Waals surface area contributed by atoms with Crippen molar-refractivity contribution in [3.63, 3.8) is 0 Å². The first kappa shape index (κ1) is 10.3. The lowest BCUT2D eigenvalue weighted by Crippen LogP contribution is -2.49. The van der Waals surface area contributed by atoms with Gasteiger partial charge in [-0.2, -0.15) is 0 Å². The summed E-state index contributed by atoms with van der Waals surface area (Å²) in [7, 11) is 0. The summed E-state index contributed by atoms with van der Waals surface area (Å²) in [5.41, 5.74) is 1.18. The smallest absolute Gasteiger partial charge is 0.193 e. The van der Waals surface area contributed by atoms with Gasteiger partial charge in [0, 0.05) is 50.0 Å². The second-order valence-electron chi connectivity index (χ2n) is 4.35. The third-order valence-electron chi connectivity index (χ3n) is 3.15. The van der Waals surface area contributed by atoms with E-state index < -0.39 is 0 Å². The van der Waals surface area contributed by atoms with Gasteiger partial charge in [0.1, 0.15) is 0 Å². The number of imidazole rings is 1. The van der Waals surface area contributed by atoms with E-state index in [1.54, 1.807) is 11.3 Å². The van der Waals surface area contributed by atoms with Crippen LogP contribution in [0.15, 0.2) is 17.8 Å². The van der Waals surface area contributed by atoms with Gasteiger partial charge in [-0.05, 0) is 6.92 Å². The normalized spacial score (nSPS) is 22.9. The summed E-state index contributed by atoms with van der Waals surface area (Å²) in [4.78, 5) is 8.20. The van der Waals surface area contributed by atoms with Gasteiger partial charge in [-0.25, -0.2) is 4.98 Å². The summed E-state index contributed by atoms with van der Waals surface area (Å²) in [6, 6.07) is 0.605. The van der Waals surface area contributed by atoms with Crippen molar-refractivity contribution < 1.29 is 0 Å². The molecule has 0 aliphatic carbocycles. The lowest BCUT2D eigenvalue weighted by molar-refractivity contribution is 0.164. The van der Waals surface area contributed by atoms with Gasteiger partial charge in [0.2, 0.25) is 0 Å². The fourth-order valence-electron chi connectivity index (χ4n) is 2.18. The molecular formula is C11H16N4S. The molecule has 2 aromatic heterocycles. The third kappa shape index (κ3) is 1.86. The van der Waals surface area contributed by atoms with Gasteiger partial charge in [0.05, 0.1) is 5.69 Å². The molecule has 3 rings (SSSR count). The first-order valence-corrected chi connectivity index (χ1v) is 6.57. The Morgan fingerprint density at radius 3 is 3.38 bits per heavy atom. The first-order valence-electron chi connectivity index (χ1n) is 5.69. The zero-order valence-electron chi connectivity index (χ0n) is 9.39. The number of rotatable bonds is 2. The van der Waals surface area contributed by atoms with Crippen molar-refractivity contribution in [3.8, 4) is 0 Å². The van der Waals surface area contributed by atoms with Crippen LogP contribution in [0.4, 0.5) is 0 Å². The molecule has 1 unspecified atom stereocenters. The number of piperazine rings is 1. The zero-order valence-corrected chi connectivity index (χ0v) is 10.2. The Hall–Kier alpha value is -0.910. The predicted octanol–water partition coefficient (Wildman–Crippen LogP) is 1.19. The minimum Gasteiger partial charge on any atom is -0.314 e. The monoisotopic (exact) mass is 236 g/mol. The fourth-order valence-corrected chi connectivity index (χ4v) is 2.90. The van der Waals surface area contributed by atoms with E-state index in [-0.39, 0.29) is 0 Å². The maximum Gasteiger partial charge on any atom is 0.193 e. The van der Waals surface area contributed by atoms with Crippen LogP contribution >= 0.6 is 11.3 Å². The van der Waals surface area contributed by atoms with Gasteiger partial charge >= 0.3 is 0 Å². The molecule has 1 fully saturated rings.